The van der Waals surface area contributed by atoms with E-state index < -0.39 is 6.04 Å². The van der Waals surface area contributed by atoms with Crippen molar-refractivity contribution in [3.05, 3.63) is 71.0 Å². The summed E-state index contributed by atoms with van der Waals surface area (Å²) in [5.74, 6) is -0.821. The number of hydrogen-bond acceptors (Lipinski definition) is 2. The van der Waals surface area contributed by atoms with E-state index >= 15 is 0 Å². The molecule has 0 aliphatic carbocycles. The number of nitrogens with one attached hydrogen (secondary N) is 1. The van der Waals surface area contributed by atoms with Gasteiger partial charge in [-0.25, -0.2) is 4.39 Å². The topological polar surface area (TPSA) is 49.4 Å². The van der Waals surface area contributed by atoms with Gasteiger partial charge in [-0.05, 0) is 31.9 Å². The highest BCUT2D eigenvalue weighted by atomic mass is 19.1. The third-order valence-electron chi connectivity index (χ3n) is 4.49. The highest BCUT2D eigenvalue weighted by Gasteiger charge is 2.26. The first-order chi connectivity index (χ1) is 12.9. The van der Waals surface area contributed by atoms with Crippen molar-refractivity contribution >= 4 is 11.8 Å². The van der Waals surface area contributed by atoms with Gasteiger partial charge in [0.2, 0.25) is 11.8 Å². The molecule has 1 unspecified atom stereocenters. The standard InChI is InChI=1S/C22H27FN2O2/c1-4-13-24-22(27)17(3)25(15-19-7-5-6-8-20(19)23)21(26)14-18-11-9-16(2)10-12-18/h5-12,17H,4,13-15H2,1-3H3,(H,24,27). The summed E-state index contributed by atoms with van der Waals surface area (Å²) in [4.78, 5) is 26.8. The number of carbonyl (C=O) groups excluding carboxylic acids is 2. The van der Waals surface area contributed by atoms with Crippen LogP contribution in [0.15, 0.2) is 48.5 Å². The molecule has 4 nitrogen and oxygen atoms in total. The van der Waals surface area contributed by atoms with Gasteiger partial charge in [0.1, 0.15) is 11.9 Å². The van der Waals surface area contributed by atoms with Crippen LogP contribution in [0.2, 0.25) is 0 Å². The zero-order valence-electron chi connectivity index (χ0n) is 16.2. The molecule has 1 N–H and O–H groups in total. The maximum absolute atomic E-state index is 14.1. The number of halogens is 1. The average molecular weight is 370 g/mol. The molecular weight excluding hydrogens is 343 g/mol. The van der Waals surface area contributed by atoms with Gasteiger partial charge in [0, 0.05) is 18.7 Å². The summed E-state index contributed by atoms with van der Waals surface area (Å²) in [6.45, 7) is 6.22. The first kappa shape index (κ1) is 20.6. The van der Waals surface area contributed by atoms with Crippen LogP contribution < -0.4 is 5.32 Å². The molecule has 0 saturated carbocycles. The predicted octanol–water partition coefficient (Wildman–Crippen LogP) is 3.62. The van der Waals surface area contributed by atoms with E-state index in [9.17, 15) is 14.0 Å². The Morgan fingerprint density at radius 3 is 2.41 bits per heavy atom. The van der Waals surface area contributed by atoms with Crippen molar-refractivity contribution < 1.29 is 14.0 Å². The Morgan fingerprint density at radius 1 is 1.11 bits per heavy atom. The van der Waals surface area contributed by atoms with Gasteiger partial charge in [-0.2, -0.15) is 0 Å². The number of carbonyl (C=O) groups is 2. The minimum atomic E-state index is -0.686. The zero-order valence-corrected chi connectivity index (χ0v) is 16.2. The van der Waals surface area contributed by atoms with E-state index in [4.69, 9.17) is 0 Å². The molecule has 0 heterocycles. The van der Waals surface area contributed by atoms with Crippen molar-refractivity contribution in [1.29, 1.82) is 0 Å². The summed E-state index contributed by atoms with van der Waals surface area (Å²) >= 11 is 0. The van der Waals surface area contributed by atoms with Gasteiger partial charge >= 0.3 is 0 Å². The Bertz CT molecular complexity index is 774. The minimum absolute atomic E-state index is 0.0537. The summed E-state index contributed by atoms with van der Waals surface area (Å²) < 4.78 is 14.1. The number of benzene rings is 2. The smallest absolute Gasteiger partial charge is 0.242 e. The molecule has 0 spiro atoms. The SMILES string of the molecule is CCCNC(=O)C(C)N(Cc1ccccc1F)C(=O)Cc1ccc(C)cc1. The third-order valence-corrected chi connectivity index (χ3v) is 4.49. The number of nitrogens with zero attached hydrogens (tertiary/aromatic N) is 1. The molecule has 2 rings (SSSR count). The van der Waals surface area contributed by atoms with Crippen LogP contribution in [0, 0.1) is 12.7 Å². The molecule has 144 valence electrons. The molecule has 5 heteroatoms. The fraction of sp³-hybridized carbons (Fsp3) is 0.364. The largest absolute Gasteiger partial charge is 0.354 e. The van der Waals surface area contributed by atoms with Crippen LogP contribution in [0.4, 0.5) is 4.39 Å². The lowest BCUT2D eigenvalue weighted by atomic mass is 10.1. The molecule has 0 aliphatic heterocycles. The lowest BCUT2D eigenvalue weighted by molar-refractivity contribution is -0.140. The van der Waals surface area contributed by atoms with E-state index in [-0.39, 0.29) is 30.6 Å². The fourth-order valence-electron chi connectivity index (χ4n) is 2.77. The van der Waals surface area contributed by atoms with Gasteiger partial charge < -0.3 is 10.2 Å². The summed E-state index contributed by atoms with van der Waals surface area (Å²) in [5, 5.41) is 2.81. The molecule has 0 saturated heterocycles. The number of hydrogen-bond donors (Lipinski definition) is 1. The summed E-state index contributed by atoms with van der Waals surface area (Å²) in [5.41, 5.74) is 2.37. The van der Waals surface area contributed by atoms with Crippen LogP contribution in [0.25, 0.3) is 0 Å². The number of aryl methyl sites for hydroxylation is 1. The normalized spacial score (nSPS) is 11.7. The molecule has 0 fully saturated rings. The molecule has 0 aliphatic rings. The predicted molar refractivity (Wildman–Crippen MR) is 105 cm³/mol. The van der Waals surface area contributed by atoms with Gasteiger partial charge in [0.05, 0.1) is 6.42 Å². The van der Waals surface area contributed by atoms with Crippen LogP contribution in [-0.4, -0.2) is 29.3 Å². The minimum Gasteiger partial charge on any atom is -0.354 e. The highest BCUT2D eigenvalue weighted by molar-refractivity contribution is 5.88. The van der Waals surface area contributed by atoms with E-state index in [0.29, 0.717) is 12.1 Å². The van der Waals surface area contributed by atoms with Gasteiger partial charge in [-0.3, -0.25) is 9.59 Å². The van der Waals surface area contributed by atoms with Crippen LogP contribution in [0.3, 0.4) is 0 Å². The van der Waals surface area contributed by atoms with E-state index in [2.05, 4.69) is 5.32 Å². The molecular formula is C22H27FN2O2. The first-order valence-electron chi connectivity index (χ1n) is 9.28. The van der Waals surface area contributed by atoms with E-state index in [0.717, 1.165) is 17.5 Å². The number of rotatable bonds is 8. The van der Waals surface area contributed by atoms with Crippen molar-refractivity contribution in [2.24, 2.45) is 0 Å². The van der Waals surface area contributed by atoms with E-state index in [1.165, 1.54) is 11.0 Å². The summed E-state index contributed by atoms with van der Waals surface area (Å²) in [6.07, 6.45) is 0.975. The molecule has 0 radical (unpaired) electrons. The van der Waals surface area contributed by atoms with Gasteiger partial charge in [0.25, 0.3) is 0 Å². The van der Waals surface area contributed by atoms with Gasteiger partial charge in [0.15, 0.2) is 0 Å². The quantitative estimate of drug-likeness (QED) is 0.772. The van der Waals surface area contributed by atoms with Crippen LogP contribution in [0.1, 0.15) is 37.0 Å². The van der Waals surface area contributed by atoms with Crippen molar-refractivity contribution in [1.82, 2.24) is 10.2 Å². The maximum atomic E-state index is 14.1. The molecule has 2 aromatic carbocycles. The Hall–Kier alpha value is -2.69. The molecule has 0 bridgehead atoms. The number of amides is 2. The zero-order chi connectivity index (χ0) is 19.8. The second-order valence-corrected chi connectivity index (χ2v) is 6.74. The Kier molecular flexibility index (Phi) is 7.53. The summed E-state index contributed by atoms with van der Waals surface area (Å²) in [7, 11) is 0. The van der Waals surface area contributed by atoms with Crippen LogP contribution >= 0.6 is 0 Å². The fourth-order valence-corrected chi connectivity index (χ4v) is 2.77. The van der Waals surface area contributed by atoms with Crippen molar-refractivity contribution in [3.8, 4) is 0 Å². The van der Waals surface area contributed by atoms with Crippen LogP contribution in [0.5, 0.6) is 0 Å². The van der Waals surface area contributed by atoms with Crippen molar-refractivity contribution in [2.45, 2.75) is 46.2 Å². The average Bonchev–Trinajstić information content (AvgIpc) is 2.66. The highest BCUT2D eigenvalue weighted by Crippen LogP contribution is 2.15. The second kappa shape index (κ2) is 9.86. The lowest BCUT2D eigenvalue weighted by Gasteiger charge is -2.29. The van der Waals surface area contributed by atoms with Crippen molar-refractivity contribution in [2.75, 3.05) is 6.54 Å². The molecule has 1 atom stereocenters. The van der Waals surface area contributed by atoms with Gasteiger partial charge in [-0.15, -0.1) is 0 Å². The van der Waals surface area contributed by atoms with E-state index in [1.54, 1.807) is 25.1 Å². The van der Waals surface area contributed by atoms with Gasteiger partial charge in [-0.1, -0.05) is 55.0 Å². The first-order valence-corrected chi connectivity index (χ1v) is 9.28. The second-order valence-electron chi connectivity index (χ2n) is 6.74. The molecule has 0 aromatic heterocycles. The Morgan fingerprint density at radius 2 is 1.78 bits per heavy atom. The van der Waals surface area contributed by atoms with E-state index in [1.807, 2.05) is 38.1 Å². The lowest BCUT2D eigenvalue weighted by Crippen LogP contribution is -2.48. The molecule has 27 heavy (non-hydrogen) atoms. The maximum Gasteiger partial charge on any atom is 0.242 e. The Labute approximate surface area is 160 Å². The van der Waals surface area contributed by atoms with Crippen LogP contribution in [-0.2, 0) is 22.6 Å². The Balaban J connectivity index is 2.21. The van der Waals surface area contributed by atoms with Crippen molar-refractivity contribution in [3.63, 3.8) is 0 Å². The summed E-state index contributed by atoms with van der Waals surface area (Å²) in [6, 6.07) is 13.3. The third kappa shape index (κ3) is 5.91. The monoisotopic (exact) mass is 370 g/mol. The molecule has 2 aromatic rings. The molecule has 2 amide bonds.